The second-order valence-electron chi connectivity index (χ2n) is 8.23. The lowest BCUT2D eigenvalue weighted by molar-refractivity contribution is -0.153. The minimum Gasteiger partial charge on any atom is -0.483 e. The van der Waals surface area contributed by atoms with Crippen LogP contribution < -0.4 is 4.74 Å². The summed E-state index contributed by atoms with van der Waals surface area (Å²) in [6, 6.07) is 11.2. The van der Waals surface area contributed by atoms with Gasteiger partial charge in [0.25, 0.3) is 0 Å². The number of hydrogen-bond acceptors (Lipinski definition) is 3. The first-order chi connectivity index (χ1) is 13.4. The maximum Gasteiger partial charge on any atom is 0.422 e. The first-order valence-corrected chi connectivity index (χ1v) is 10.1. The summed E-state index contributed by atoms with van der Waals surface area (Å²) in [7, 11) is 0. The topological polar surface area (TPSA) is 26.3 Å². The van der Waals surface area contributed by atoms with E-state index in [4.69, 9.17) is 4.74 Å². The van der Waals surface area contributed by atoms with E-state index in [2.05, 4.69) is 0 Å². The molecule has 0 unspecified atom stereocenters. The average molecular weight is 420 g/mol. The van der Waals surface area contributed by atoms with Crippen LogP contribution in [0.5, 0.6) is 5.75 Å². The van der Waals surface area contributed by atoms with Gasteiger partial charge in [-0.25, -0.2) is 0 Å². The van der Waals surface area contributed by atoms with E-state index in [-0.39, 0.29) is 11.5 Å². The Kier molecular flexibility index (Phi) is 5.52. The van der Waals surface area contributed by atoms with Crippen molar-refractivity contribution in [1.29, 1.82) is 0 Å². The van der Waals surface area contributed by atoms with Crippen LogP contribution in [0.4, 0.5) is 13.2 Å². The van der Waals surface area contributed by atoms with Crippen LogP contribution in [0.15, 0.2) is 36.4 Å². The molecule has 0 N–H and O–H groups in total. The van der Waals surface area contributed by atoms with Crippen molar-refractivity contribution in [2.75, 3.05) is 6.61 Å². The molecule has 0 aliphatic heterocycles. The molecule has 3 rings (SSSR count). The second kappa shape index (κ2) is 7.48. The number of Topliss-reactive ketones (excluding diaryl/α,β-unsaturated/α-hetero) is 1. The summed E-state index contributed by atoms with van der Waals surface area (Å²) in [4.78, 5) is 12.5. The zero-order valence-electron chi connectivity index (χ0n) is 17.0. The van der Waals surface area contributed by atoms with Gasteiger partial charge < -0.3 is 4.74 Å². The SMILES string of the molecule is CC(=O)c1cc2c(-c3cc(C)cc(C(C)(C)C)c3OCC(F)(F)F)cccc2s1. The Morgan fingerprint density at radius 2 is 1.76 bits per heavy atom. The predicted octanol–water partition coefficient (Wildman–Crippen LogP) is 7.32. The van der Waals surface area contributed by atoms with Gasteiger partial charge in [-0.2, -0.15) is 13.2 Å². The lowest BCUT2D eigenvalue weighted by atomic mass is 9.83. The maximum atomic E-state index is 13.0. The van der Waals surface area contributed by atoms with E-state index in [1.807, 2.05) is 64.1 Å². The first-order valence-electron chi connectivity index (χ1n) is 9.25. The lowest BCUT2D eigenvalue weighted by Gasteiger charge is -2.26. The molecule has 0 saturated carbocycles. The second-order valence-corrected chi connectivity index (χ2v) is 9.31. The number of fused-ring (bicyclic) bond motifs is 1. The van der Waals surface area contributed by atoms with Gasteiger partial charge in [-0.3, -0.25) is 4.79 Å². The third kappa shape index (κ3) is 4.64. The summed E-state index contributed by atoms with van der Waals surface area (Å²) in [5.41, 5.74) is 2.61. The number of carbonyl (C=O) groups is 1. The van der Waals surface area contributed by atoms with Crippen molar-refractivity contribution >= 4 is 27.2 Å². The summed E-state index contributed by atoms with van der Waals surface area (Å²) in [6.07, 6.45) is -4.44. The molecule has 0 radical (unpaired) electrons. The molecular formula is C23H23F3O2S. The minimum absolute atomic E-state index is 0.0367. The van der Waals surface area contributed by atoms with Crippen molar-refractivity contribution in [3.8, 4) is 16.9 Å². The molecule has 154 valence electrons. The van der Waals surface area contributed by atoms with E-state index >= 15 is 0 Å². The fourth-order valence-corrected chi connectivity index (χ4v) is 4.29. The summed E-state index contributed by atoms with van der Waals surface area (Å²) >= 11 is 1.38. The largest absolute Gasteiger partial charge is 0.483 e. The summed E-state index contributed by atoms with van der Waals surface area (Å²) in [5, 5.41) is 0.838. The van der Waals surface area contributed by atoms with E-state index in [0.717, 1.165) is 26.8 Å². The van der Waals surface area contributed by atoms with E-state index in [1.54, 1.807) is 0 Å². The molecule has 0 bridgehead atoms. The van der Waals surface area contributed by atoms with Crippen LogP contribution in [0.2, 0.25) is 0 Å². The van der Waals surface area contributed by atoms with E-state index in [0.29, 0.717) is 10.4 Å². The van der Waals surface area contributed by atoms with Crippen molar-refractivity contribution in [3.05, 3.63) is 52.4 Å². The van der Waals surface area contributed by atoms with E-state index < -0.39 is 18.2 Å². The van der Waals surface area contributed by atoms with Crippen molar-refractivity contribution in [3.63, 3.8) is 0 Å². The summed E-state index contributed by atoms with van der Waals surface area (Å²) in [5.74, 6) is 0.203. The number of ether oxygens (including phenoxy) is 1. The van der Waals surface area contributed by atoms with Gasteiger partial charge in [-0.1, -0.05) is 39.0 Å². The zero-order chi connectivity index (χ0) is 21.6. The molecule has 0 spiro atoms. The molecule has 2 aromatic carbocycles. The van der Waals surface area contributed by atoms with Gasteiger partial charge in [-0.05, 0) is 48.6 Å². The number of rotatable bonds is 4. The molecule has 0 fully saturated rings. The number of benzene rings is 2. The van der Waals surface area contributed by atoms with Gasteiger partial charge in [0.2, 0.25) is 0 Å². The molecule has 0 aliphatic carbocycles. The summed E-state index contributed by atoms with van der Waals surface area (Å²) < 4.78 is 45.2. The Bertz CT molecular complexity index is 1070. The number of alkyl halides is 3. The monoisotopic (exact) mass is 420 g/mol. The molecule has 0 atom stereocenters. The van der Waals surface area contributed by atoms with Gasteiger partial charge in [0.15, 0.2) is 12.4 Å². The maximum absolute atomic E-state index is 13.0. The van der Waals surface area contributed by atoms with Crippen LogP contribution in [0, 0.1) is 6.92 Å². The standard InChI is InChI=1S/C23H23F3O2S/c1-13-9-17(15-7-6-8-19-16(15)11-20(29-19)14(2)27)21(28-12-23(24,25)26)18(10-13)22(3,4)5/h6-11H,12H2,1-5H3. The van der Waals surface area contributed by atoms with Crippen LogP contribution in [0.1, 0.15) is 48.5 Å². The fraction of sp³-hybridized carbons (Fsp3) is 0.348. The van der Waals surface area contributed by atoms with Crippen LogP contribution in [-0.2, 0) is 5.41 Å². The Morgan fingerprint density at radius 3 is 2.34 bits per heavy atom. The van der Waals surface area contributed by atoms with Gasteiger partial charge in [0.1, 0.15) is 5.75 Å². The van der Waals surface area contributed by atoms with Gasteiger partial charge in [-0.15, -0.1) is 11.3 Å². The Morgan fingerprint density at radius 1 is 1.07 bits per heavy atom. The molecule has 1 aromatic heterocycles. The molecule has 1 heterocycles. The van der Waals surface area contributed by atoms with E-state index in [1.165, 1.54) is 18.3 Å². The first kappa shape index (κ1) is 21.4. The number of carbonyl (C=O) groups excluding carboxylic acids is 1. The normalized spacial score (nSPS) is 12.4. The van der Waals surface area contributed by atoms with Crippen molar-refractivity contribution < 1.29 is 22.7 Å². The number of aryl methyl sites for hydroxylation is 1. The quantitative estimate of drug-likeness (QED) is 0.413. The number of thiophene rings is 1. The highest BCUT2D eigenvalue weighted by Crippen LogP contribution is 2.44. The van der Waals surface area contributed by atoms with Crippen molar-refractivity contribution in [2.45, 2.75) is 46.2 Å². The molecule has 2 nitrogen and oxygen atoms in total. The smallest absolute Gasteiger partial charge is 0.422 e. The van der Waals surface area contributed by atoms with E-state index in [9.17, 15) is 18.0 Å². The molecule has 0 amide bonds. The number of ketones is 1. The van der Waals surface area contributed by atoms with Crippen molar-refractivity contribution in [2.24, 2.45) is 0 Å². The Hall–Kier alpha value is -2.34. The molecule has 3 aromatic rings. The van der Waals surface area contributed by atoms with Crippen LogP contribution >= 0.6 is 11.3 Å². The molecule has 6 heteroatoms. The molecule has 29 heavy (non-hydrogen) atoms. The third-order valence-corrected chi connectivity index (χ3v) is 5.82. The molecular weight excluding hydrogens is 397 g/mol. The van der Waals surface area contributed by atoms with Gasteiger partial charge in [0, 0.05) is 21.2 Å². The van der Waals surface area contributed by atoms with Crippen LogP contribution in [0.3, 0.4) is 0 Å². The fourth-order valence-electron chi connectivity index (χ4n) is 3.31. The molecule has 0 aliphatic rings. The highest BCUT2D eigenvalue weighted by molar-refractivity contribution is 7.20. The Labute approximate surface area is 172 Å². The number of halogens is 3. The third-order valence-electron chi connectivity index (χ3n) is 4.62. The minimum atomic E-state index is -4.44. The van der Waals surface area contributed by atoms with Crippen molar-refractivity contribution in [1.82, 2.24) is 0 Å². The number of hydrogen-bond donors (Lipinski definition) is 0. The predicted molar refractivity (Wildman–Crippen MR) is 112 cm³/mol. The van der Waals surface area contributed by atoms with Crippen LogP contribution in [0.25, 0.3) is 21.2 Å². The van der Waals surface area contributed by atoms with Gasteiger partial charge in [0.05, 0.1) is 4.88 Å². The Balaban J connectivity index is 2.30. The van der Waals surface area contributed by atoms with Crippen LogP contribution in [-0.4, -0.2) is 18.6 Å². The summed E-state index contributed by atoms with van der Waals surface area (Å²) in [6.45, 7) is 7.92. The molecule has 0 saturated heterocycles. The average Bonchev–Trinajstić information content (AvgIpc) is 3.03. The highest BCUT2D eigenvalue weighted by Gasteiger charge is 2.31. The highest BCUT2D eigenvalue weighted by atomic mass is 32.1. The lowest BCUT2D eigenvalue weighted by Crippen LogP contribution is -2.22. The zero-order valence-corrected chi connectivity index (χ0v) is 17.8. The van der Waals surface area contributed by atoms with Gasteiger partial charge >= 0.3 is 6.18 Å².